The van der Waals surface area contributed by atoms with E-state index in [9.17, 15) is 9.59 Å². The van der Waals surface area contributed by atoms with Crippen LogP contribution in [0.3, 0.4) is 0 Å². The summed E-state index contributed by atoms with van der Waals surface area (Å²) in [5, 5.41) is 0. The van der Waals surface area contributed by atoms with E-state index in [1.807, 2.05) is 30.3 Å². The molecule has 1 aliphatic rings. The maximum Gasteiger partial charge on any atom is 0.328 e. The average Bonchev–Trinajstić information content (AvgIpc) is 2.62. The molecule has 0 spiro atoms. The van der Waals surface area contributed by atoms with Gasteiger partial charge >= 0.3 is 5.97 Å². The zero-order valence-electron chi connectivity index (χ0n) is 14.1. The zero-order valence-corrected chi connectivity index (χ0v) is 15.0. The third kappa shape index (κ3) is 5.21. The van der Waals surface area contributed by atoms with Gasteiger partial charge in [0.25, 0.3) is 0 Å². The Balaban J connectivity index is 0.00000288. The summed E-state index contributed by atoms with van der Waals surface area (Å²) in [6.07, 6.45) is 5.65. The minimum absolute atomic E-state index is 0. The zero-order chi connectivity index (χ0) is 16.7. The summed E-state index contributed by atoms with van der Waals surface area (Å²) < 4.78 is 4.98. The normalized spacial score (nSPS) is 15.9. The van der Waals surface area contributed by atoms with Gasteiger partial charge in [-0.1, -0.05) is 49.6 Å². The Labute approximate surface area is 149 Å². The lowest BCUT2D eigenvalue weighted by Gasteiger charge is -2.38. The molecule has 6 heteroatoms. The van der Waals surface area contributed by atoms with Crippen LogP contribution in [0.15, 0.2) is 30.3 Å². The van der Waals surface area contributed by atoms with Gasteiger partial charge in [0.15, 0.2) is 0 Å². The van der Waals surface area contributed by atoms with Crippen molar-refractivity contribution in [2.45, 2.75) is 50.6 Å². The van der Waals surface area contributed by atoms with Crippen molar-refractivity contribution in [3.8, 4) is 0 Å². The molecule has 24 heavy (non-hydrogen) atoms. The highest BCUT2D eigenvalue weighted by Crippen LogP contribution is 2.26. The molecular formula is C18H27ClN2O3. The molecule has 1 amide bonds. The molecule has 2 N–H and O–H groups in total. The van der Waals surface area contributed by atoms with E-state index in [1.165, 1.54) is 13.5 Å². The van der Waals surface area contributed by atoms with E-state index < -0.39 is 6.04 Å². The first-order valence-electron chi connectivity index (χ1n) is 8.30. The smallest absolute Gasteiger partial charge is 0.328 e. The number of rotatable bonds is 6. The van der Waals surface area contributed by atoms with Crippen molar-refractivity contribution < 1.29 is 14.3 Å². The summed E-state index contributed by atoms with van der Waals surface area (Å²) in [4.78, 5) is 26.5. The van der Waals surface area contributed by atoms with Gasteiger partial charge in [-0.3, -0.25) is 4.79 Å². The second-order valence-corrected chi connectivity index (χ2v) is 6.03. The minimum atomic E-state index is -0.610. The second kappa shape index (κ2) is 10.3. The number of carbonyl (C=O) groups is 2. The lowest BCUT2D eigenvalue weighted by molar-refractivity contribution is -0.155. The highest BCUT2D eigenvalue weighted by molar-refractivity contribution is 5.86. The Bertz CT molecular complexity index is 518. The topological polar surface area (TPSA) is 72.6 Å². The lowest BCUT2D eigenvalue weighted by Crippen LogP contribution is -2.54. The molecule has 1 fully saturated rings. The van der Waals surface area contributed by atoms with E-state index in [-0.39, 0.29) is 36.9 Å². The fraction of sp³-hybridized carbons (Fsp3) is 0.556. The molecule has 134 valence electrons. The molecule has 0 radical (unpaired) electrons. The Morgan fingerprint density at radius 1 is 1.21 bits per heavy atom. The van der Waals surface area contributed by atoms with Crippen LogP contribution in [0.4, 0.5) is 0 Å². The molecule has 0 aliphatic heterocycles. The van der Waals surface area contributed by atoms with Crippen molar-refractivity contribution in [3.05, 3.63) is 35.9 Å². The first-order chi connectivity index (χ1) is 11.2. The number of ether oxygens (including phenoxy) is 1. The molecule has 1 saturated carbocycles. The molecule has 2 rings (SSSR count). The Kier molecular flexibility index (Phi) is 8.79. The Hall–Kier alpha value is -1.59. The summed E-state index contributed by atoms with van der Waals surface area (Å²) in [5.41, 5.74) is 6.62. The molecule has 0 aromatic heterocycles. The average molecular weight is 355 g/mol. The van der Waals surface area contributed by atoms with Gasteiger partial charge < -0.3 is 15.4 Å². The number of nitrogens with two attached hydrogens (primary N) is 1. The standard InChI is InChI=1S/C18H26N2O3.ClH/c1-23-18(22)16(12-14-8-4-2-5-9-14)20(17(21)13-19)15-10-6-3-7-11-15;/h2,4-5,8-9,15-16H,3,6-7,10-13,19H2,1H3;1H/t16-;/m0./s1. The van der Waals surface area contributed by atoms with Crippen LogP contribution >= 0.6 is 12.4 Å². The van der Waals surface area contributed by atoms with E-state index in [0.29, 0.717) is 6.42 Å². The third-order valence-corrected chi connectivity index (χ3v) is 4.51. The first kappa shape index (κ1) is 20.5. The van der Waals surface area contributed by atoms with Crippen molar-refractivity contribution in [2.24, 2.45) is 5.73 Å². The minimum Gasteiger partial charge on any atom is -0.467 e. The van der Waals surface area contributed by atoms with Crippen molar-refractivity contribution >= 4 is 24.3 Å². The molecule has 0 unspecified atom stereocenters. The highest BCUT2D eigenvalue weighted by atomic mass is 35.5. The summed E-state index contributed by atoms with van der Waals surface area (Å²) >= 11 is 0. The van der Waals surface area contributed by atoms with Gasteiger partial charge in [0.1, 0.15) is 6.04 Å². The monoisotopic (exact) mass is 354 g/mol. The molecule has 0 saturated heterocycles. The van der Waals surface area contributed by atoms with Gasteiger partial charge in [0.05, 0.1) is 13.7 Å². The first-order valence-corrected chi connectivity index (χ1v) is 8.30. The van der Waals surface area contributed by atoms with Crippen LogP contribution in [0, 0.1) is 0 Å². The van der Waals surface area contributed by atoms with Crippen LogP contribution in [-0.2, 0) is 20.7 Å². The summed E-state index contributed by atoms with van der Waals surface area (Å²) in [7, 11) is 1.37. The Morgan fingerprint density at radius 2 is 1.83 bits per heavy atom. The van der Waals surface area contributed by atoms with E-state index in [4.69, 9.17) is 10.5 Å². The molecule has 1 aromatic rings. The van der Waals surface area contributed by atoms with Crippen LogP contribution < -0.4 is 5.73 Å². The predicted octanol–water partition coefficient (Wildman–Crippen LogP) is 2.31. The van der Waals surface area contributed by atoms with Crippen LogP contribution in [-0.4, -0.2) is 42.5 Å². The fourth-order valence-corrected chi connectivity index (χ4v) is 3.37. The van der Waals surface area contributed by atoms with Crippen molar-refractivity contribution in [1.29, 1.82) is 0 Å². The maximum absolute atomic E-state index is 12.5. The van der Waals surface area contributed by atoms with Crippen molar-refractivity contribution in [1.82, 2.24) is 4.90 Å². The summed E-state index contributed by atoms with van der Waals surface area (Å²) in [6.45, 7) is -0.0845. The molecule has 0 bridgehead atoms. The number of esters is 1. The van der Waals surface area contributed by atoms with Crippen molar-refractivity contribution in [2.75, 3.05) is 13.7 Å². The second-order valence-electron chi connectivity index (χ2n) is 6.03. The lowest BCUT2D eigenvalue weighted by atomic mass is 9.91. The molecule has 0 heterocycles. The van der Waals surface area contributed by atoms with Crippen LogP contribution in [0.5, 0.6) is 0 Å². The molecule has 1 atom stereocenters. The van der Waals surface area contributed by atoms with Gasteiger partial charge in [-0.15, -0.1) is 12.4 Å². The van der Waals surface area contributed by atoms with Gasteiger partial charge in [0, 0.05) is 12.5 Å². The fourth-order valence-electron chi connectivity index (χ4n) is 3.37. The molecule has 5 nitrogen and oxygen atoms in total. The quantitative estimate of drug-likeness (QED) is 0.796. The summed E-state index contributed by atoms with van der Waals surface area (Å²) in [6, 6.07) is 9.18. The highest BCUT2D eigenvalue weighted by Gasteiger charge is 2.35. The van der Waals surface area contributed by atoms with E-state index in [2.05, 4.69) is 0 Å². The van der Waals surface area contributed by atoms with E-state index >= 15 is 0 Å². The number of hydrogen-bond donors (Lipinski definition) is 1. The summed E-state index contributed by atoms with van der Waals surface area (Å²) in [5.74, 6) is -0.551. The van der Waals surface area contributed by atoms with E-state index in [0.717, 1.165) is 31.2 Å². The molecular weight excluding hydrogens is 328 g/mol. The van der Waals surface area contributed by atoms with Gasteiger partial charge in [0.2, 0.25) is 5.91 Å². The third-order valence-electron chi connectivity index (χ3n) is 4.51. The number of methoxy groups -OCH3 is 1. The van der Waals surface area contributed by atoms with E-state index in [1.54, 1.807) is 4.90 Å². The number of amides is 1. The molecule has 1 aliphatic carbocycles. The van der Waals surface area contributed by atoms with Crippen LogP contribution in [0.1, 0.15) is 37.7 Å². The van der Waals surface area contributed by atoms with Gasteiger partial charge in [-0.2, -0.15) is 0 Å². The predicted molar refractivity (Wildman–Crippen MR) is 96.0 cm³/mol. The maximum atomic E-state index is 12.5. The number of carbonyl (C=O) groups excluding carboxylic acids is 2. The van der Waals surface area contributed by atoms with Crippen molar-refractivity contribution in [3.63, 3.8) is 0 Å². The molecule has 1 aromatic carbocycles. The van der Waals surface area contributed by atoms with Crippen LogP contribution in [0.25, 0.3) is 0 Å². The van der Waals surface area contributed by atoms with Gasteiger partial charge in [-0.25, -0.2) is 4.79 Å². The number of halogens is 1. The number of nitrogens with zero attached hydrogens (tertiary/aromatic N) is 1. The van der Waals surface area contributed by atoms with Gasteiger partial charge in [-0.05, 0) is 18.4 Å². The van der Waals surface area contributed by atoms with Crippen LogP contribution in [0.2, 0.25) is 0 Å². The largest absolute Gasteiger partial charge is 0.467 e. The Morgan fingerprint density at radius 3 is 2.38 bits per heavy atom. The SMILES string of the molecule is COC(=O)[C@H](Cc1ccccc1)N(C(=O)CN)C1CCCCC1.Cl. The number of hydrogen-bond acceptors (Lipinski definition) is 4. The number of benzene rings is 1.